The number of hydrogen-bond acceptors (Lipinski definition) is 5. The van der Waals surface area contributed by atoms with Crippen LogP contribution in [0.4, 0.5) is 0 Å². The number of fused-ring (bicyclic) bond motifs is 3. The van der Waals surface area contributed by atoms with Gasteiger partial charge < -0.3 is 9.47 Å². The number of ether oxygens (including phenoxy) is 2. The van der Waals surface area contributed by atoms with Gasteiger partial charge in [-0.2, -0.15) is 0 Å². The van der Waals surface area contributed by atoms with Crippen LogP contribution in [-0.2, 0) is 18.5 Å². The van der Waals surface area contributed by atoms with Crippen LogP contribution < -0.4 is 9.47 Å². The highest BCUT2D eigenvalue weighted by Gasteiger charge is 2.33. The molecule has 5 heteroatoms. The minimum absolute atomic E-state index is 0.0857. The average Bonchev–Trinajstić information content (AvgIpc) is 3.10. The van der Waals surface area contributed by atoms with Gasteiger partial charge in [0.2, 0.25) is 5.78 Å². The Labute approximate surface area is 188 Å². The summed E-state index contributed by atoms with van der Waals surface area (Å²) in [5.74, 6) is 1.64. The Morgan fingerprint density at radius 2 is 1.91 bits per heavy atom. The molecule has 0 bridgehead atoms. The van der Waals surface area contributed by atoms with Crippen LogP contribution in [0, 0.1) is 0 Å². The molecule has 5 rings (SSSR count). The molecule has 0 spiro atoms. The zero-order valence-corrected chi connectivity index (χ0v) is 18.6. The second kappa shape index (κ2) is 7.92. The summed E-state index contributed by atoms with van der Waals surface area (Å²) < 4.78 is 12.1. The fourth-order valence-corrected chi connectivity index (χ4v) is 4.09. The highest BCUT2D eigenvalue weighted by atomic mass is 16.5. The molecule has 5 nitrogen and oxygen atoms in total. The molecular formula is C27H26N2O3. The summed E-state index contributed by atoms with van der Waals surface area (Å²) in [6, 6.07) is 15.9. The molecule has 1 aromatic heterocycles. The maximum absolute atomic E-state index is 13.0. The third kappa shape index (κ3) is 3.92. The van der Waals surface area contributed by atoms with Crippen molar-refractivity contribution in [3.63, 3.8) is 0 Å². The highest BCUT2D eigenvalue weighted by molar-refractivity contribution is 6.15. The first-order valence-electron chi connectivity index (χ1n) is 10.8. The van der Waals surface area contributed by atoms with Crippen LogP contribution in [0.1, 0.15) is 53.4 Å². The van der Waals surface area contributed by atoms with E-state index in [-0.39, 0.29) is 11.2 Å². The lowest BCUT2D eigenvalue weighted by Crippen LogP contribution is -2.31. The van der Waals surface area contributed by atoms with Gasteiger partial charge in [-0.3, -0.25) is 14.7 Å². The standard InChI is InChI=1S/C27H26N2O3/c1-27(2,3)20-8-6-18(7-9-20)13-24-25(30)21-10-11-23-22(26(21)32-24)16-29(17-31-23)15-19-5-4-12-28-14-19/h4-14H,15-17H2,1-3H3/b24-13-. The van der Waals surface area contributed by atoms with Gasteiger partial charge in [-0.25, -0.2) is 0 Å². The topological polar surface area (TPSA) is 51.7 Å². The van der Waals surface area contributed by atoms with Gasteiger partial charge in [0.05, 0.1) is 11.1 Å². The minimum Gasteiger partial charge on any atom is -0.478 e. The maximum atomic E-state index is 13.0. The number of Topliss-reactive ketones (excluding diaryl/α,β-unsaturated/α-hetero) is 1. The van der Waals surface area contributed by atoms with Crippen LogP contribution in [0.2, 0.25) is 0 Å². The van der Waals surface area contributed by atoms with Crippen molar-refractivity contribution in [2.24, 2.45) is 0 Å². The summed E-state index contributed by atoms with van der Waals surface area (Å²) in [6.07, 6.45) is 5.44. The lowest BCUT2D eigenvalue weighted by molar-refractivity contribution is 0.0872. The van der Waals surface area contributed by atoms with Crippen molar-refractivity contribution in [1.82, 2.24) is 9.88 Å². The lowest BCUT2D eigenvalue weighted by Gasteiger charge is -2.29. The molecule has 2 aliphatic heterocycles. The summed E-state index contributed by atoms with van der Waals surface area (Å²) in [7, 11) is 0. The zero-order chi connectivity index (χ0) is 22.3. The van der Waals surface area contributed by atoms with E-state index in [0.717, 1.165) is 22.4 Å². The SMILES string of the molecule is CC(C)(C)c1ccc(/C=C2\Oc3c(ccc4c3CN(Cc3cccnc3)CO4)C2=O)cc1. The molecule has 0 amide bonds. The van der Waals surface area contributed by atoms with E-state index in [0.29, 0.717) is 36.9 Å². The van der Waals surface area contributed by atoms with Crippen LogP contribution >= 0.6 is 0 Å². The van der Waals surface area contributed by atoms with E-state index in [9.17, 15) is 4.79 Å². The molecule has 0 atom stereocenters. The molecule has 162 valence electrons. The monoisotopic (exact) mass is 426 g/mol. The highest BCUT2D eigenvalue weighted by Crippen LogP contribution is 2.42. The first kappa shape index (κ1) is 20.5. The molecule has 3 heterocycles. The Kier molecular flexibility index (Phi) is 5.06. The first-order valence-corrected chi connectivity index (χ1v) is 10.8. The van der Waals surface area contributed by atoms with Crippen LogP contribution in [0.3, 0.4) is 0 Å². The molecule has 3 aromatic rings. The number of nitrogens with zero attached hydrogens (tertiary/aromatic N) is 2. The van der Waals surface area contributed by atoms with Gasteiger partial charge in [0.1, 0.15) is 18.2 Å². The fraction of sp³-hybridized carbons (Fsp3) is 0.259. The number of carbonyl (C=O) groups is 1. The van der Waals surface area contributed by atoms with E-state index in [1.807, 2.05) is 42.6 Å². The third-order valence-electron chi connectivity index (χ3n) is 5.89. The molecule has 0 saturated carbocycles. The van der Waals surface area contributed by atoms with Crippen molar-refractivity contribution in [2.75, 3.05) is 6.73 Å². The number of ketones is 1. The van der Waals surface area contributed by atoms with E-state index in [4.69, 9.17) is 9.47 Å². The number of benzene rings is 2. The van der Waals surface area contributed by atoms with Crippen LogP contribution in [-0.4, -0.2) is 22.4 Å². The normalized spacial score (nSPS) is 17.0. The van der Waals surface area contributed by atoms with Crippen molar-refractivity contribution >= 4 is 11.9 Å². The van der Waals surface area contributed by atoms with Gasteiger partial charge in [0.25, 0.3) is 0 Å². The Morgan fingerprint density at radius 3 is 2.62 bits per heavy atom. The van der Waals surface area contributed by atoms with Crippen molar-refractivity contribution in [3.8, 4) is 11.5 Å². The van der Waals surface area contributed by atoms with Crippen molar-refractivity contribution in [1.29, 1.82) is 0 Å². The largest absolute Gasteiger partial charge is 0.478 e. The number of carbonyl (C=O) groups excluding carboxylic acids is 1. The van der Waals surface area contributed by atoms with Crippen LogP contribution in [0.25, 0.3) is 6.08 Å². The predicted molar refractivity (Wildman–Crippen MR) is 123 cm³/mol. The Balaban J connectivity index is 1.40. The zero-order valence-electron chi connectivity index (χ0n) is 18.6. The Hall–Kier alpha value is -3.44. The smallest absolute Gasteiger partial charge is 0.231 e. The van der Waals surface area contributed by atoms with Crippen molar-refractivity contribution in [3.05, 3.63) is 94.5 Å². The maximum Gasteiger partial charge on any atom is 0.231 e. The number of rotatable bonds is 3. The quantitative estimate of drug-likeness (QED) is 0.529. The van der Waals surface area contributed by atoms with Crippen molar-refractivity contribution < 1.29 is 14.3 Å². The van der Waals surface area contributed by atoms with E-state index < -0.39 is 0 Å². The molecule has 32 heavy (non-hydrogen) atoms. The Bertz CT molecular complexity index is 1190. The average molecular weight is 427 g/mol. The molecule has 2 aliphatic rings. The summed E-state index contributed by atoms with van der Waals surface area (Å²) in [4.78, 5) is 19.4. The summed E-state index contributed by atoms with van der Waals surface area (Å²) in [5, 5.41) is 0. The molecular weight excluding hydrogens is 400 g/mol. The number of allylic oxidation sites excluding steroid dienone is 1. The molecule has 2 aromatic carbocycles. The van der Waals surface area contributed by atoms with Crippen molar-refractivity contribution in [2.45, 2.75) is 39.3 Å². The fourth-order valence-electron chi connectivity index (χ4n) is 4.09. The van der Waals surface area contributed by atoms with E-state index in [1.165, 1.54) is 5.56 Å². The van der Waals surface area contributed by atoms with Gasteiger partial charge in [-0.05, 0) is 46.4 Å². The number of aromatic nitrogens is 1. The van der Waals surface area contributed by atoms with Gasteiger partial charge >= 0.3 is 0 Å². The molecule has 0 aliphatic carbocycles. The molecule has 0 saturated heterocycles. The summed E-state index contributed by atoms with van der Waals surface area (Å²) in [6.45, 7) is 8.40. The molecule has 0 fully saturated rings. The van der Waals surface area contributed by atoms with E-state index >= 15 is 0 Å². The summed E-state index contributed by atoms with van der Waals surface area (Å²) >= 11 is 0. The second-order valence-electron chi connectivity index (χ2n) is 9.35. The predicted octanol–water partition coefficient (Wildman–Crippen LogP) is 5.35. The van der Waals surface area contributed by atoms with Gasteiger partial charge in [0.15, 0.2) is 5.76 Å². The third-order valence-corrected chi connectivity index (χ3v) is 5.89. The van der Waals surface area contributed by atoms with Crippen LogP contribution in [0.15, 0.2) is 66.7 Å². The van der Waals surface area contributed by atoms with Crippen LogP contribution in [0.5, 0.6) is 11.5 Å². The van der Waals surface area contributed by atoms with E-state index in [1.54, 1.807) is 12.3 Å². The van der Waals surface area contributed by atoms with Gasteiger partial charge in [-0.1, -0.05) is 51.1 Å². The second-order valence-corrected chi connectivity index (χ2v) is 9.35. The summed E-state index contributed by atoms with van der Waals surface area (Å²) in [5.41, 5.74) is 4.90. The number of pyridine rings is 1. The Morgan fingerprint density at radius 1 is 1.09 bits per heavy atom. The van der Waals surface area contributed by atoms with E-state index in [2.05, 4.69) is 42.8 Å². The molecule has 0 unspecified atom stereocenters. The first-order chi connectivity index (χ1) is 15.4. The van der Waals surface area contributed by atoms with Gasteiger partial charge in [-0.15, -0.1) is 0 Å². The number of hydrogen-bond donors (Lipinski definition) is 0. The molecule has 0 radical (unpaired) electrons. The molecule has 0 N–H and O–H groups in total. The van der Waals surface area contributed by atoms with Gasteiger partial charge in [0, 0.05) is 25.5 Å². The minimum atomic E-state index is -0.0907. The lowest BCUT2D eigenvalue weighted by atomic mass is 9.86.